The summed E-state index contributed by atoms with van der Waals surface area (Å²) >= 11 is 0. The van der Waals surface area contributed by atoms with Crippen molar-refractivity contribution in [2.45, 2.75) is 6.92 Å². The van der Waals surface area contributed by atoms with Crippen LogP contribution in [0, 0.1) is 6.07 Å². The first-order valence-electron chi connectivity index (χ1n) is 4.26. The molecule has 0 heterocycles. The van der Waals surface area contributed by atoms with Crippen LogP contribution in [0.1, 0.15) is 17.3 Å². The molecule has 0 spiro atoms. The van der Waals surface area contributed by atoms with Gasteiger partial charge in [-0.25, -0.2) is 0 Å². The fourth-order valence-electron chi connectivity index (χ4n) is 1.08. The molecule has 0 atom stereocenters. The molecule has 1 aromatic rings. The van der Waals surface area contributed by atoms with E-state index in [2.05, 4.69) is 16.7 Å². The van der Waals surface area contributed by atoms with Crippen molar-refractivity contribution in [3.8, 4) is 0 Å². The van der Waals surface area contributed by atoms with E-state index >= 15 is 0 Å². The van der Waals surface area contributed by atoms with Gasteiger partial charge >= 0.3 is 0 Å². The average Bonchev–Trinajstić information content (AvgIpc) is 2.18. The van der Waals surface area contributed by atoms with Gasteiger partial charge < -0.3 is 10.6 Å². The first kappa shape index (κ1) is 9.58. The van der Waals surface area contributed by atoms with E-state index in [0.29, 0.717) is 12.1 Å². The standard InChI is InChI=1S/C10H13N2O/c1-3-12-10(13)8-6-4-5-7-9(8)11-2/h4-5,7,11H,3H2,1-2H3,(H,12,13). The molecule has 1 aromatic carbocycles. The monoisotopic (exact) mass is 177 g/mol. The number of nitrogens with one attached hydrogen (secondary N) is 2. The maximum Gasteiger partial charge on any atom is 0.254 e. The molecule has 0 saturated carbocycles. The van der Waals surface area contributed by atoms with Gasteiger partial charge in [0.2, 0.25) is 0 Å². The van der Waals surface area contributed by atoms with Crippen molar-refractivity contribution in [3.05, 3.63) is 29.8 Å². The Balaban J connectivity index is 2.92. The lowest BCUT2D eigenvalue weighted by Crippen LogP contribution is -2.23. The fraction of sp³-hybridized carbons (Fsp3) is 0.300. The highest BCUT2D eigenvalue weighted by Gasteiger charge is 2.07. The van der Waals surface area contributed by atoms with Gasteiger partial charge in [0.1, 0.15) is 0 Å². The van der Waals surface area contributed by atoms with Crippen LogP contribution in [0.5, 0.6) is 0 Å². The van der Waals surface area contributed by atoms with E-state index in [1.54, 1.807) is 13.1 Å². The number of benzene rings is 1. The van der Waals surface area contributed by atoms with Crippen LogP contribution >= 0.6 is 0 Å². The third-order valence-electron chi connectivity index (χ3n) is 1.69. The van der Waals surface area contributed by atoms with Gasteiger partial charge in [-0.3, -0.25) is 4.79 Å². The van der Waals surface area contributed by atoms with Gasteiger partial charge in [0.25, 0.3) is 5.91 Å². The predicted molar refractivity (Wildman–Crippen MR) is 52.8 cm³/mol. The minimum atomic E-state index is -0.0903. The lowest BCUT2D eigenvalue weighted by Gasteiger charge is -2.07. The normalized spacial score (nSPS) is 9.38. The zero-order valence-corrected chi connectivity index (χ0v) is 7.85. The van der Waals surface area contributed by atoms with Gasteiger partial charge in [-0.15, -0.1) is 0 Å². The molecule has 0 aliphatic rings. The van der Waals surface area contributed by atoms with Crippen molar-refractivity contribution in [3.63, 3.8) is 0 Å². The van der Waals surface area contributed by atoms with Crippen molar-refractivity contribution in [1.29, 1.82) is 0 Å². The summed E-state index contributed by atoms with van der Waals surface area (Å²) in [6, 6.07) is 8.32. The van der Waals surface area contributed by atoms with Crippen LogP contribution in [0.25, 0.3) is 0 Å². The number of carbonyl (C=O) groups excluding carboxylic acids is 1. The number of rotatable bonds is 3. The summed E-state index contributed by atoms with van der Waals surface area (Å²) in [5.74, 6) is -0.0903. The van der Waals surface area contributed by atoms with E-state index in [1.165, 1.54) is 0 Å². The van der Waals surface area contributed by atoms with E-state index in [-0.39, 0.29) is 5.91 Å². The Hall–Kier alpha value is -1.51. The van der Waals surface area contributed by atoms with Gasteiger partial charge in [0, 0.05) is 19.3 Å². The van der Waals surface area contributed by atoms with Crippen LogP contribution in [0.4, 0.5) is 5.69 Å². The van der Waals surface area contributed by atoms with E-state index in [1.807, 2.05) is 19.1 Å². The van der Waals surface area contributed by atoms with Gasteiger partial charge in [0.05, 0.1) is 5.56 Å². The fourth-order valence-corrected chi connectivity index (χ4v) is 1.08. The topological polar surface area (TPSA) is 41.1 Å². The second kappa shape index (κ2) is 4.50. The van der Waals surface area contributed by atoms with Crippen molar-refractivity contribution < 1.29 is 4.79 Å². The molecular weight excluding hydrogens is 164 g/mol. The molecule has 3 heteroatoms. The maximum absolute atomic E-state index is 11.4. The molecule has 0 unspecified atom stereocenters. The van der Waals surface area contributed by atoms with E-state index in [0.717, 1.165) is 5.69 Å². The van der Waals surface area contributed by atoms with Gasteiger partial charge in [-0.2, -0.15) is 0 Å². The second-order valence-corrected chi connectivity index (χ2v) is 2.57. The molecule has 1 radical (unpaired) electrons. The third kappa shape index (κ3) is 2.21. The smallest absolute Gasteiger partial charge is 0.254 e. The third-order valence-corrected chi connectivity index (χ3v) is 1.69. The maximum atomic E-state index is 11.4. The van der Waals surface area contributed by atoms with Gasteiger partial charge in [-0.05, 0) is 19.1 Å². The molecule has 0 aromatic heterocycles. The molecule has 0 aliphatic heterocycles. The largest absolute Gasteiger partial charge is 0.387 e. The van der Waals surface area contributed by atoms with Crippen LogP contribution in [-0.4, -0.2) is 19.5 Å². The quantitative estimate of drug-likeness (QED) is 0.730. The molecule has 0 aliphatic carbocycles. The molecule has 1 rings (SSSR count). The summed E-state index contributed by atoms with van der Waals surface area (Å²) in [7, 11) is 1.78. The van der Waals surface area contributed by atoms with E-state index in [9.17, 15) is 4.79 Å². The van der Waals surface area contributed by atoms with Crippen molar-refractivity contribution in [2.24, 2.45) is 0 Å². The highest BCUT2D eigenvalue weighted by molar-refractivity contribution is 5.99. The zero-order valence-electron chi connectivity index (χ0n) is 7.85. The second-order valence-electron chi connectivity index (χ2n) is 2.57. The van der Waals surface area contributed by atoms with Crippen molar-refractivity contribution in [1.82, 2.24) is 5.32 Å². The summed E-state index contributed by atoms with van der Waals surface area (Å²) in [6.07, 6.45) is 0. The van der Waals surface area contributed by atoms with E-state index in [4.69, 9.17) is 0 Å². The molecule has 2 N–H and O–H groups in total. The molecule has 0 bridgehead atoms. The lowest BCUT2D eigenvalue weighted by atomic mass is 10.1. The molecule has 3 nitrogen and oxygen atoms in total. The summed E-state index contributed by atoms with van der Waals surface area (Å²) in [4.78, 5) is 11.4. The first-order chi connectivity index (χ1) is 6.29. The molecule has 0 saturated heterocycles. The van der Waals surface area contributed by atoms with Gasteiger partial charge in [-0.1, -0.05) is 12.1 Å². The van der Waals surface area contributed by atoms with Crippen LogP contribution < -0.4 is 10.6 Å². The number of amides is 1. The highest BCUT2D eigenvalue weighted by Crippen LogP contribution is 2.12. The van der Waals surface area contributed by atoms with Crippen molar-refractivity contribution in [2.75, 3.05) is 18.9 Å². The van der Waals surface area contributed by atoms with Crippen molar-refractivity contribution >= 4 is 11.6 Å². The Morgan fingerprint density at radius 1 is 1.62 bits per heavy atom. The Morgan fingerprint density at radius 2 is 2.38 bits per heavy atom. The Morgan fingerprint density at radius 3 is 3.00 bits per heavy atom. The Kier molecular flexibility index (Phi) is 3.31. The van der Waals surface area contributed by atoms with E-state index < -0.39 is 0 Å². The van der Waals surface area contributed by atoms with Crippen LogP contribution in [0.3, 0.4) is 0 Å². The lowest BCUT2D eigenvalue weighted by molar-refractivity contribution is 0.0956. The highest BCUT2D eigenvalue weighted by atomic mass is 16.1. The summed E-state index contributed by atoms with van der Waals surface area (Å²) in [5.41, 5.74) is 1.36. The minimum Gasteiger partial charge on any atom is -0.387 e. The molecule has 13 heavy (non-hydrogen) atoms. The van der Waals surface area contributed by atoms with Crippen LogP contribution in [-0.2, 0) is 0 Å². The zero-order chi connectivity index (χ0) is 9.68. The summed E-state index contributed by atoms with van der Waals surface area (Å²) < 4.78 is 0. The Bertz CT molecular complexity index is 297. The van der Waals surface area contributed by atoms with Crippen LogP contribution in [0.2, 0.25) is 0 Å². The molecule has 69 valence electrons. The summed E-state index contributed by atoms with van der Waals surface area (Å²) in [6.45, 7) is 2.52. The first-order valence-corrected chi connectivity index (χ1v) is 4.26. The number of hydrogen-bond acceptors (Lipinski definition) is 2. The SMILES string of the molecule is CCNC(=O)c1[c]cccc1NC. The summed E-state index contributed by atoms with van der Waals surface area (Å²) in [5, 5.41) is 5.67. The number of anilines is 1. The van der Waals surface area contributed by atoms with Crippen LogP contribution in [0.15, 0.2) is 18.2 Å². The Labute approximate surface area is 78.2 Å². The predicted octanol–water partition coefficient (Wildman–Crippen LogP) is 1.28. The van der Waals surface area contributed by atoms with Gasteiger partial charge in [0.15, 0.2) is 0 Å². The molecule has 0 fully saturated rings. The minimum absolute atomic E-state index is 0.0903. The molecule has 1 amide bonds. The molecular formula is C10H13N2O. The number of carbonyl (C=O) groups is 1. The number of hydrogen-bond donors (Lipinski definition) is 2. The average molecular weight is 177 g/mol.